The fraction of sp³-hybridized carbons (Fsp3) is 0.125. The van der Waals surface area contributed by atoms with Crippen molar-refractivity contribution in [3.8, 4) is 0 Å². The van der Waals surface area contributed by atoms with E-state index in [-0.39, 0.29) is 0 Å². The maximum absolute atomic E-state index is 4.22. The van der Waals surface area contributed by atoms with Crippen LogP contribution in [0.5, 0.6) is 0 Å². The van der Waals surface area contributed by atoms with Crippen molar-refractivity contribution in [2.45, 2.75) is 6.92 Å². The number of fused-ring (bicyclic) bond motifs is 1. The number of aromatic amines is 1. The molecule has 2 rings (SSSR count). The molecule has 2 aromatic rings. The standard InChI is InChI=1S/C8H7BrN2/c1-5-2-7-8(11-5)3-6(9)4-10-7/h2-4,11H,1H3. The number of nitrogens with zero attached hydrogens (tertiary/aromatic N) is 1. The van der Waals surface area contributed by atoms with E-state index in [4.69, 9.17) is 0 Å². The molecule has 0 aliphatic rings. The van der Waals surface area contributed by atoms with Gasteiger partial charge in [-0.05, 0) is 35.0 Å². The highest BCUT2D eigenvalue weighted by molar-refractivity contribution is 9.10. The molecule has 2 nitrogen and oxygen atoms in total. The summed E-state index contributed by atoms with van der Waals surface area (Å²) in [7, 11) is 0. The average molecular weight is 211 g/mol. The number of nitrogens with one attached hydrogen (secondary N) is 1. The lowest BCUT2D eigenvalue weighted by atomic mass is 10.4. The summed E-state index contributed by atoms with van der Waals surface area (Å²) in [5.41, 5.74) is 3.24. The Morgan fingerprint density at radius 3 is 3.09 bits per heavy atom. The third-order valence-corrected chi connectivity index (χ3v) is 2.00. The normalized spacial score (nSPS) is 10.7. The summed E-state index contributed by atoms with van der Waals surface area (Å²) in [6.45, 7) is 2.02. The second-order valence-electron chi connectivity index (χ2n) is 2.54. The molecule has 2 heterocycles. The van der Waals surface area contributed by atoms with E-state index in [0.29, 0.717) is 0 Å². The predicted molar refractivity (Wildman–Crippen MR) is 48.5 cm³/mol. The van der Waals surface area contributed by atoms with Crippen molar-refractivity contribution in [3.63, 3.8) is 0 Å². The topological polar surface area (TPSA) is 28.7 Å². The molecule has 0 spiro atoms. The lowest BCUT2D eigenvalue weighted by Gasteiger charge is -1.88. The Bertz CT molecular complexity index is 392. The lowest BCUT2D eigenvalue weighted by Crippen LogP contribution is -1.73. The van der Waals surface area contributed by atoms with Crippen molar-refractivity contribution in [1.29, 1.82) is 0 Å². The van der Waals surface area contributed by atoms with Crippen molar-refractivity contribution in [2.24, 2.45) is 0 Å². The van der Waals surface area contributed by atoms with Crippen LogP contribution in [0.4, 0.5) is 0 Å². The van der Waals surface area contributed by atoms with E-state index < -0.39 is 0 Å². The Labute approximate surface area is 72.8 Å². The van der Waals surface area contributed by atoms with Gasteiger partial charge in [0.1, 0.15) is 0 Å². The number of hydrogen-bond acceptors (Lipinski definition) is 1. The molecule has 0 bridgehead atoms. The minimum Gasteiger partial charge on any atom is -0.357 e. The number of halogens is 1. The van der Waals surface area contributed by atoms with Crippen LogP contribution >= 0.6 is 15.9 Å². The zero-order valence-electron chi connectivity index (χ0n) is 6.06. The number of aromatic nitrogens is 2. The van der Waals surface area contributed by atoms with E-state index in [1.807, 2.05) is 19.1 Å². The minimum absolute atomic E-state index is 1.01. The van der Waals surface area contributed by atoms with Gasteiger partial charge in [-0.3, -0.25) is 4.98 Å². The van der Waals surface area contributed by atoms with Gasteiger partial charge in [0.15, 0.2) is 0 Å². The molecule has 0 amide bonds. The van der Waals surface area contributed by atoms with Crippen LogP contribution in [0.1, 0.15) is 5.69 Å². The lowest BCUT2D eigenvalue weighted by molar-refractivity contribution is 1.30. The number of hydrogen-bond donors (Lipinski definition) is 1. The number of rotatable bonds is 0. The predicted octanol–water partition coefficient (Wildman–Crippen LogP) is 2.63. The van der Waals surface area contributed by atoms with Gasteiger partial charge >= 0.3 is 0 Å². The van der Waals surface area contributed by atoms with Crippen molar-refractivity contribution in [3.05, 3.63) is 28.5 Å². The van der Waals surface area contributed by atoms with E-state index in [2.05, 4.69) is 25.9 Å². The SMILES string of the molecule is Cc1cc2ncc(Br)cc2[nH]1. The Morgan fingerprint density at radius 1 is 1.45 bits per heavy atom. The first kappa shape index (κ1) is 6.85. The summed E-state index contributed by atoms with van der Waals surface area (Å²) >= 11 is 3.36. The van der Waals surface area contributed by atoms with Crippen molar-refractivity contribution >= 4 is 27.0 Å². The molecule has 0 saturated heterocycles. The summed E-state index contributed by atoms with van der Waals surface area (Å²) < 4.78 is 1.01. The van der Waals surface area contributed by atoms with Gasteiger partial charge in [-0.2, -0.15) is 0 Å². The highest BCUT2D eigenvalue weighted by atomic mass is 79.9. The van der Waals surface area contributed by atoms with Crippen LogP contribution in [0.15, 0.2) is 22.8 Å². The van der Waals surface area contributed by atoms with Gasteiger partial charge in [0.2, 0.25) is 0 Å². The van der Waals surface area contributed by atoms with E-state index in [1.54, 1.807) is 6.20 Å². The van der Waals surface area contributed by atoms with Crippen molar-refractivity contribution < 1.29 is 0 Å². The molecular weight excluding hydrogens is 204 g/mol. The molecule has 56 valence electrons. The monoisotopic (exact) mass is 210 g/mol. The molecule has 0 aliphatic carbocycles. The molecule has 0 unspecified atom stereocenters. The molecule has 3 heteroatoms. The first-order chi connectivity index (χ1) is 5.25. The molecule has 0 fully saturated rings. The number of H-pyrrole nitrogens is 1. The molecule has 0 radical (unpaired) electrons. The number of aryl methyl sites for hydroxylation is 1. The molecule has 0 saturated carbocycles. The molecule has 2 aromatic heterocycles. The van der Waals surface area contributed by atoms with Crippen LogP contribution in [-0.4, -0.2) is 9.97 Å². The summed E-state index contributed by atoms with van der Waals surface area (Å²) in [5.74, 6) is 0. The van der Waals surface area contributed by atoms with Crippen LogP contribution in [0.2, 0.25) is 0 Å². The highest BCUT2D eigenvalue weighted by Gasteiger charge is 1.97. The molecule has 1 N–H and O–H groups in total. The van der Waals surface area contributed by atoms with E-state index in [0.717, 1.165) is 21.2 Å². The van der Waals surface area contributed by atoms with Crippen molar-refractivity contribution in [1.82, 2.24) is 9.97 Å². The van der Waals surface area contributed by atoms with Gasteiger partial charge in [-0.15, -0.1) is 0 Å². The fourth-order valence-corrected chi connectivity index (χ4v) is 1.45. The summed E-state index contributed by atoms with van der Waals surface area (Å²) in [6.07, 6.45) is 1.80. The van der Waals surface area contributed by atoms with E-state index in [1.165, 1.54) is 0 Å². The van der Waals surface area contributed by atoms with E-state index in [9.17, 15) is 0 Å². The first-order valence-corrected chi connectivity index (χ1v) is 4.16. The Balaban J connectivity index is 2.82. The summed E-state index contributed by atoms with van der Waals surface area (Å²) in [4.78, 5) is 7.43. The molecule has 0 aliphatic heterocycles. The molecule has 0 aromatic carbocycles. The Kier molecular flexibility index (Phi) is 1.46. The van der Waals surface area contributed by atoms with Crippen LogP contribution in [0, 0.1) is 6.92 Å². The fourth-order valence-electron chi connectivity index (χ4n) is 1.12. The van der Waals surface area contributed by atoms with Gasteiger partial charge in [0, 0.05) is 16.4 Å². The second-order valence-corrected chi connectivity index (χ2v) is 3.45. The summed E-state index contributed by atoms with van der Waals surface area (Å²) in [6, 6.07) is 4.05. The van der Waals surface area contributed by atoms with Gasteiger partial charge in [0.25, 0.3) is 0 Å². The van der Waals surface area contributed by atoms with Crippen LogP contribution < -0.4 is 0 Å². The van der Waals surface area contributed by atoms with Crippen LogP contribution in [0.3, 0.4) is 0 Å². The third-order valence-electron chi connectivity index (χ3n) is 1.57. The van der Waals surface area contributed by atoms with Gasteiger partial charge < -0.3 is 4.98 Å². The Hall–Kier alpha value is -0.830. The Morgan fingerprint density at radius 2 is 2.27 bits per heavy atom. The minimum atomic E-state index is 1.01. The van der Waals surface area contributed by atoms with Gasteiger partial charge in [-0.25, -0.2) is 0 Å². The quantitative estimate of drug-likeness (QED) is 0.712. The highest BCUT2D eigenvalue weighted by Crippen LogP contribution is 2.16. The number of pyridine rings is 1. The summed E-state index contributed by atoms with van der Waals surface area (Å²) in [5, 5.41) is 0. The maximum atomic E-state index is 4.22. The average Bonchev–Trinajstić information content (AvgIpc) is 2.27. The second kappa shape index (κ2) is 2.34. The van der Waals surface area contributed by atoms with Crippen LogP contribution in [0.25, 0.3) is 11.0 Å². The zero-order valence-corrected chi connectivity index (χ0v) is 7.64. The van der Waals surface area contributed by atoms with Gasteiger partial charge in [0.05, 0.1) is 11.0 Å². The van der Waals surface area contributed by atoms with Gasteiger partial charge in [-0.1, -0.05) is 0 Å². The molecular formula is C8H7BrN2. The maximum Gasteiger partial charge on any atom is 0.0882 e. The van der Waals surface area contributed by atoms with Crippen molar-refractivity contribution in [2.75, 3.05) is 0 Å². The van der Waals surface area contributed by atoms with Crippen LogP contribution in [-0.2, 0) is 0 Å². The molecule has 0 atom stereocenters. The first-order valence-electron chi connectivity index (χ1n) is 3.36. The van der Waals surface area contributed by atoms with E-state index >= 15 is 0 Å². The molecule has 11 heavy (non-hydrogen) atoms. The third kappa shape index (κ3) is 1.16. The largest absolute Gasteiger partial charge is 0.357 e. The smallest absolute Gasteiger partial charge is 0.0882 e. The zero-order chi connectivity index (χ0) is 7.84.